The average Bonchev–Trinajstić information content (AvgIpc) is 3.32. The summed E-state index contributed by atoms with van der Waals surface area (Å²) in [5.74, 6) is 0.837. The molecule has 0 bridgehead atoms. The summed E-state index contributed by atoms with van der Waals surface area (Å²) >= 11 is 0. The molecule has 0 aliphatic carbocycles. The molecule has 0 aromatic heterocycles. The van der Waals surface area contributed by atoms with Gasteiger partial charge in [-0.25, -0.2) is 4.79 Å². The maximum Gasteiger partial charge on any atom is 0.339 e. The van der Waals surface area contributed by atoms with E-state index in [-0.39, 0.29) is 35.1 Å². The molecule has 1 fully saturated rings. The van der Waals surface area contributed by atoms with Crippen LogP contribution >= 0.6 is 0 Å². The van der Waals surface area contributed by atoms with Crippen molar-refractivity contribution >= 4 is 16.1 Å². The van der Waals surface area contributed by atoms with Gasteiger partial charge >= 0.3 is 16.1 Å². The molecule has 10 heteroatoms. The first-order valence-electron chi connectivity index (χ1n) is 10.8. The molecule has 180 valence electrons. The molecule has 1 aliphatic heterocycles. The Morgan fingerprint density at radius 2 is 1.88 bits per heavy atom. The number of carbonyl (C=O) groups is 1. The predicted octanol–water partition coefficient (Wildman–Crippen LogP) is 3.18. The first-order chi connectivity index (χ1) is 15.9. The number of carbonyl (C=O) groups excluding carboxylic acids is 1. The molecule has 2 aromatic carbocycles. The van der Waals surface area contributed by atoms with Crippen molar-refractivity contribution < 1.29 is 31.6 Å². The number of ether oxygens (including phenoxy) is 3. The summed E-state index contributed by atoms with van der Waals surface area (Å²) in [6, 6.07) is 10.6. The van der Waals surface area contributed by atoms with Crippen molar-refractivity contribution in [3.8, 4) is 17.2 Å². The van der Waals surface area contributed by atoms with E-state index in [1.807, 2.05) is 6.92 Å². The van der Waals surface area contributed by atoms with Crippen molar-refractivity contribution in [2.24, 2.45) is 0 Å². The number of benzene rings is 2. The van der Waals surface area contributed by atoms with E-state index in [2.05, 4.69) is 5.32 Å². The largest absolute Gasteiger partial charge is 0.497 e. The van der Waals surface area contributed by atoms with Crippen molar-refractivity contribution in [2.45, 2.75) is 37.3 Å². The van der Waals surface area contributed by atoms with Crippen LogP contribution in [0.2, 0.25) is 0 Å². The summed E-state index contributed by atoms with van der Waals surface area (Å²) in [6.45, 7) is 3.74. The highest BCUT2D eigenvalue weighted by atomic mass is 32.2. The van der Waals surface area contributed by atoms with Crippen LogP contribution in [0.5, 0.6) is 17.2 Å². The molecule has 0 radical (unpaired) electrons. The Kier molecular flexibility index (Phi) is 8.40. The third-order valence-electron chi connectivity index (χ3n) is 5.21. The van der Waals surface area contributed by atoms with Crippen molar-refractivity contribution in [2.75, 3.05) is 33.9 Å². The number of nitrogens with one attached hydrogen (secondary N) is 1. The zero-order valence-corrected chi connectivity index (χ0v) is 19.9. The maximum atomic E-state index is 12.8. The lowest BCUT2D eigenvalue weighted by molar-refractivity contribution is 0.0795. The summed E-state index contributed by atoms with van der Waals surface area (Å²) in [5, 5.41) is 2.82. The van der Waals surface area contributed by atoms with E-state index in [0.717, 1.165) is 12.8 Å². The first-order valence-corrected chi connectivity index (χ1v) is 12.2. The van der Waals surface area contributed by atoms with Gasteiger partial charge in [-0.2, -0.15) is 8.42 Å². The van der Waals surface area contributed by atoms with E-state index in [9.17, 15) is 13.2 Å². The Balaban J connectivity index is 1.82. The van der Waals surface area contributed by atoms with Gasteiger partial charge in [-0.1, -0.05) is 6.07 Å². The van der Waals surface area contributed by atoms with Crippen LogP contribution < -0.4 is 19.0 Å². The molecule has 9 nitrogen and oxygen atoms in total. The minimum atomic E-state index is -4.11. The Morgan fingerprint density at radius 3 is 2.48 bits per heavy atom. The van der Waals surface area contributed by atoms with Gasteiger partial charge in [0.25, 0.3) is 0 Å². The van der Waals surface area contributed by atoms with Crippen LogP contribution in [0, 0.1) is 0 Å². The van der Waals surface area contributed by atoms with Gasteiger partial charge in [0.2, 0.25) is 0 Å². The Bertz CT molecular complexity index is 1040. The molecular formula is C23H30N2O7S. The molecule has 1 aliphatic rings. The molecule has 3 rings (SSSR count). The lowest BCUT2D eigenvalue weighted by Gasteiger charge is -2.26. The number of methoxy groups -OCH3 is 2. The molecule has 0 unspecified atom stereocenters. The van der Waals surface area contributed by atoms with Crippen LogP contribution in [0.1, 0.15) is 25.3 Å². The number of urea groups is 1. The van der Waals surface area contributed by atoms with Crippen LogP contribution in [-0.2, 0) is 21.4 Å². The summed E-state index contributed by atoms with van der Waals surface area (Å²) in [6.07, 6.45) is 1.85. The highest BCUT2D eigenvalue weighted by molar-refractivity contribution is 7.87. The number of amides is 2. The van der Waals surface area contributed by atoms with Gasteiger partial charge in [-0.3, -0.25) is 0 Å². The van der Waals surface area contributed by atoms with E-state index in [1.165, 1.54) is 26.4 Å². The Morgan fingerprint density at radius 1 is 1.12 bits per heavy atom. The number of hydrogen-bond donors (Lipinski definition) is 1. The van der Waals surface area contributed by atoms with Crippen LogP contribution in [0.3, 0.4) is 0 Å². The zero-order chi connectivity index (χ0) is 23.8. The second-order valence-electron chi connectivity index (χ2n) is 7.55. The second kappa shape index (κ2) is 11.2. The molecular weight excluding hydrogens is 448 g/mol. The predicted molar refractivity (Wildman–Crippen MR) is 122 cm³/mol. The van der Waals surface area contributed by atoms with Gasteiger partial charge in [0, 0.05) is 26.2 Å². The standard InChI is InChI=1S/C23H30N2O7S/c1-4-24-23(26)25(16-19-6-5-13-31-19)15-17-7-12-21(30-3)22(14-17)32-33(27,28)20-10-8-18(29-2)9-11-20/h7-12,14,19H,4-6,13,15-16H2,1-3H3,(H,24,26)/t19-/m0/s1. The molecule has 2 amide bonds. The van der Waals surface area contributed by atoms with Crippen LogP contribution in [0.4, 0.5) is 4.79 Å². The van der Waals surface area contributed by atoms with Crippen LogP contribution in [0.25, 0.3) is 0 Å². The normalized spacial score (nSPS) is 15.7. The monoisotopic (exact) mass is 478 g/mol. The van der Waals surface area contributed by atoms with Crippen LogP contribution in [0.15, 0.2) is 47.4 Å². The molecule has 33 heavy (non-hydrogen) atoms. The smallest absolute Gasteiger partial charge is 0.339 e. The van der Waals surface area contributed by atoms with E-state index < -0.39 is 10.1 Å². The molecule has 2 aromatic rings. The Labute approximate surface area is 194 Å². The lowest BCUT2D eigenvalue weighted by atomic mass is 10.1. The van der Waals surface area contributed by atoms with Gasteiger partial charge in [-0.05, 0) is 61.7 Å². The second-order valence-corrected chi connectivity index (χ2v) is 9.10. The van der Waals surface area contributed by atoms with E-state index in [4.69, 9.17) is 18.4 Å². The van der Waals surface area contributed by atoms with Gasteiger partial charge < -0.3 is 28.6 Å². The molecule has 1 heterocycles. The minimum Gasteiger partial charge on any atom is -0.497 e. The van der Waals surface area contributed by atoms with Gasteiger partial charge in [-0.15, -0.1) is 0 Å². The van der Waals surface area contributed by atoms with E-state index in [1.54, 1.807) is 35.2 Å². The molecule has 1 atom stereocenters. The molecule has 0 saturated carbocycles. The highest BCUT2D eigenvalue weighted by Gasteiger charge is 2.24. The number of nitrogens with zero attached hydrogens (tertiary/aromatic N) is 1. The van der Waals surface area contributed by atoms with Gasteiger partial charge in [0.15, 0.2) is 11.5 Å². The zero-order valence-electron chi connectivity index (χ0n) is 19.1. The van der Waals surface area contributed by atoms with Crippen molar-refractivity contribution in [3.63, 3.8) is 0 Å². The van der Waals surface area contributed by atoms with E-state index in [0.29, 0.717) is 31.0 Å². The van der Waals surface area contributed by atoms with Crippen molar-refractivity contribution in [1.29, 1.82) is 0 Å². The molecule has 1 N–H and O–H groups in total. The summed E-state index contributed by atoms with van der Waals surface area (Å²) in [5.41, 5.74) is 0.694. The summed E-state index contributed by atoms with van der Waals surface area (Å²) in [4.78, 5) is 14.2. The summed E-state index contributed by atoms with van der Waals surface area (Å²) in [7, 11) is -1.18. The highest BCUT2D eigenvalue weighted by Crippen LogP contribution is 2.32. The third kappa shape index (κ3) is 6.52. The first kappa shape index (κ1) is 24.7. The van der Waals surface area contributed by atoms with Gasteiger partial charge in [0.1, 0.15) is 10.6 Å². The fourth-order valence-electron chi connectivity index (χ4n) is 3.53. The molecule has 0 spiro atoms. The van der Waals surface area contributed by atoms with Crippen LogP contribution in [-0.4, -0.2) is 59.4 Å². The Hall–Kier alpha value is -2.98. The fraction of sp³-hybridized carbons (Fsp3) is 0.435. The third-order valence-corrected chi connectivity index (χ3v) is 6.46. The maximum absolute atomic E-state index is 12.8. The van der Waals surface area contributed by atoms with Gasteiger partial charge in [0.05, 0.1) is 20.3 Å². The van der Waals surface area contributed by atoms with E-state index >= 15 is 0 Å². The van der Waals surface area contributed by atoms with Crippen molar-refractivity contribution in [1.82, 2.24) is 10.2 Å². The number of rotatable bonds is 10. The fourth-order valence-corrected chi connectivity index (χ4v) is 4.46. The minimum absolute atomic E-state index is 0.0157. The number of hydrogen-bond acceptors (Lipinski definition) is 7. The quantitative estimate of drug-likeness (QED) is 0.523. The SMILES string of the molecule is CCNC(=O)N(Cc1ccc(OC)c(OS(=O)(=O)c2ccc(OC)cc2)c1)C[C@@H]1CCCO1. The summed E-state index contributed by atoms with van der Waals surface area (Å²) < 4.78 is 47.1. The average molecular weight is 479 g/mol. The van der Waals surface area contributed by atoms with Crippen molar-refractivity contribution in [3.05, 3.63) is 48.0 Å². The topological polar surface area (TPSA) is 103 Å². The lowest BCUT2D eigenvalue weighted by Crippen LogP contribution is -2.43. The molecule has 1 saturated heterocycles.